The highest BCUT2D eigenvalue weighted by atomic mass is 16.5. The standard InChI is InChI=1S/C23H25N2O/c1-18-3-12-23-20(17-18)7-11-21(24(23)2)8-4-19-5-9-22(10-6-19)25-13-15-26-16-14-25/h3-12,17H,13-16H2,1-2H3/q+1. The van der Waals surface area contributed by atoms with E-state index in [1.54, 1.807) is 0 Å². The smallest absolute Gasteiger partial charge is 0.212 e. The Kier molecular flexibility index (Phi) is 4.72. The van der Waals surface area contributed by atoms with Gasteiger partial charge in [-0.05, 0) is 42.8 Å². The van der Waals surface area contributed by atoms with Crippen LogP contribution in [0.3, 0.4) is 0 Å². The van der Waals surface area contributed by atoms with E-state index in [2.05, 4.69) is 90.2 Å². The van der Waals surface area contributed by atoms with E-state index in [9.17, 15) is 0 Å². The zero-order chi connectivity index (χ0) is 17.9. The maximum Gasteiger partial charge on any atom is 0.212 e. The van der Waals surface area contributed by atoms with Crippen molar-refractivity contribution < 1.29 is 9.30 Å². The second-order valence-corrected chi connectivity index (χ2v) is 6.90. The van der Waals surface area contributed by atoms with Crippen molar-refractivity contribution in [3.63, 3.8) is 0 Å². The van der Waals surface area contributed by atoms with Crippen LogP contribution in [0.15, 0.2) is 54.6 Å². The van der Waals surface area contributed by atoms with E-state index in [1.807, 2.05) is 0 Å². The van der Waals surface area contributed by atoms with E-state index >= 15 is 0 Å². The first-order valence-corrected chi connectivity index (χ1v) is 9.21. The molecule has 1 aliphatic heterocycles. The second kappa shape index (κ2) is 7.30. The average molecular weight is 345 g/mol. The molecule has 0 N–H and O–H groups in total. The second-order valence-electron chi connectivity index (χ2n) is 6.90. The highest BCUT2D eigenvalue weighted by molar-refractivity contribution is 5.78. The number of aryl methyl sites for hydroxylation is 2. The zero-order valence-electron chi connectivity index (χ0n) is 15.5. The number of rotatable bonds is 3. The molecule has 3 heteroatoms. The molecule has 26 heavy (non-hydrogen) atoms. The van der Waals surface area contributed by atoms with Crippen LogP contribution in [-0.2, 0) is 11.8 Å². The molecule has 0 spiro atoms. The van der Waals surface area contributed by atoms with Crippen LogP contribution >= 0.6 is 0 Å². The van der Waals surface area contributed by atoms with E-state index in [4.69, 9.17) is 4.74 Å². The molecule has 0 bridgehead atoms. The van der Waals surface area contributed by atoms with Crippen LogP contribution in [0.25, 0.3) is 23.1 Å². The predicted octanol–water partition coefficient (Wildman–Crippen LogP) is 3.98. The van der Waals surface area contributed by atoms with E-state index in [1.165, 1.54) is 33.4 Å². The third-order valence-corrected chi connectivity index (χ3v) is 5.08. The van der Waals surface area contributed by atoms with Gasteiger partial charge in [0.15, 0.2) is 0 Å². The SMILES string of the molecule is Cc1ccc2c(ccc(/C=C/c3ccc(N4CCOCC4)cc3)[n+]2C)c1. The highest BCUT2D eigenvalue weighted by Crippen LogP contribution is 2.18. The molecule has 0 radical (unpaired) electrons. The van der Waals surface area contributed by atoms with Crippen molar-refractivity contribution in [3.05, 3.63) is 71.4 Å². The summed E-state index contributed by atoms with van der Waals surface area (Å²) in [5.74, 6) is 0. The maximum atomic E-state index is 5.43. The molecular weight excluding hydrogens is 320 g/mol. The number of hydrogen-bond donors (Lipinski definition) is 0. The molecular formula is C23H25N2O+. The van der Waals surface area contributed by atoms with Gasteiger partial charge < -0.3 is 9.64 Å². The molecule has 132 valence electrons. The molecule has 0 saturated carbocycles. The third kappa shape index (κ3) is 3.49. The number of nitrogens with zero attached hydrogens (tertiary/aromatic N) is 2. The minimum atomic E-state index is 0.819. The summed E-state index contributed by atoms with van der Waals surface area (Å²) in [5, 5.41) is 1.28. The van der Waals surface area contributed by atoms with Gasteiger partial charge >= 0.3 is 0 Å². The Bertz CT molecular complexity index is 938. The Morgan fingerprint density at radius 1 is 0.923 bits per heavy atom. The van der Waals surface area contributed by atoms with Crippen molar-refractivity contribution in [2.24, 2.45) is 7.05 Å². The first-order valence-electron chi connectivity index (χ1n) is 9.21. The molecule has 4 rings (SSSR count). The van der Waals surface area contributed by atoms with Gasteiger partial charge in [-0.2, -0.15) is 4.57 Å². The van der Waals surface area contributed by atoms with Gasteiger partial charge in [-0.1, -0.05) is 23.8 Å². The van der Waals surface area contributed by atoms with Crippen LogP contribution < -0.4 is 9.47 Å². The summed E-state index contributed by atoms with van der Waals surface area (Å²) in [4.78, 5) is 2.38. The zero-order valence-corrected chi connectivity index (χ0v) is 15.5. The summed E-state index contributed by atoms with van der Waals surface area (Å²) in [6.07, 6.45) is 4.36. The molecule has 0 unspecified atom stereocenters. The molecule has 1 aliphatic rings. The van der Waals surface area contributed by atoms with E-state index < -0.39 is 0 Å². The minimum absolute atomic E-state index is 0.819. The largest absolute Gasteiger partial charge is 0.378 e. The van der Waals surface area contributed by atoms with Crippen LogP contribution in [0.5, 0.6) is 0 Å². The fourth-order valence-electron chi connectivity index (χ4n) is 3.51. The lowest BCUT2D eigenvalue weighted by atomic mass is 10.1. The molecule has 0 aliphatic carbocycles. The van der Waals surface area contributed by atoms with Gasteiger partial charge in [0.1, 0.15) is 7.05 Å². The first kappa shape index (κ1) is 16.8. The Hall–Kier alpha value is -2.65. The predicted molar refractivity (Wildman–Crippen MR) is 108 cm³/mol. The minimum Gasteiger partial charge on any atom is -0.378 e. The third-order valence-electron chi connectivity index (χ3n) is 5.08. The van der Waals surface area contributed by atoms with Gasteiger partial charge in [0, 0.05) is 42.4 Å². The van der Waals surface area contributed by atoms with Gasteiger partial charge in [0.25, 0.3) is 0 Å². The van der Waals surface area contributed by atoms with Crippen molar-refractivity contribution >= 4 is 28.7 Å². The van der Waals surface area contributed by atoms with Crippen LogP contribution in [0.4, 0.5) is 5.69 Å². The molecule has 1 aromatic heterocycles. The van der Waals surface area contributed by atoms with Crippen LogP contribution in [0, 0.1) is 6.92 Å². The summed E-state index contributed by atoms with van der Waals surface area (Å²) >= 11 is 0. The van der Waals surface area contributed by atoms with Gasteiger partial charge in [-0.15, -0.1) is 0 Å². The first-order chi connectivity index (χ1) is 12.7. The summed E-state index contributed by atoms with van der Waals surface area (Å²) in [7, 11) is 2.12. The average Bonchev–Trinajstić information content (AvgIpc) is 2.68. The molecule has 0 atom stereocenters. The summed E-state index contributed by atoms with van der Waals surface area (Å²) < 4.78 is 7.67. The molecule has 3 nitrogen and oxygen atoms in total. The highest BCUT2D eigenvalue weighted by Gasteiger charge is 2.11. The summed E-state index contributed by atoms with van der Waals surface area (Å²) in [5.41, 5.74) is 6.23. The fourth-order valence-corrected chi connectivity index (χ4v) is 3.51. The van der Waals surface area contributed by atoms with Crippen molar-refractivity contribution in [1.29, 1.82) is 0 Å². The fraction of sp³-hybridized carbons (Fsp3) is 0.261. The van der Waals surface area contributed by atoms with Gasteiger partial charge in [0.2, 0.25) is 11.2 Å². The number of hydrogen-bond acceptors (Lipinski definition) is 2. The number of fused-ring (bicyclic) bond motifs is 1. The normalized spacial score (nSPS) is 15.1. The summed E-state index contributed by atoms with van der Waals surface area (Å²) in [6, 6.07) is 19.7. The van der Waals surface area contributed by atoms with E-state index in [0.29, 0.717) is 0 Å². The molecule has 1 saturated heterocycles. The Labute approximate surface area is 155 Å². The van der Waals surface area contributed by atoms with Crippen molar-refractivity contribution in [2.45, 2.75) is 6.92 Å². The maximum absolute atomic E-state index is 5.43. The number of ether oxygens (including phenoxy) is 1. The van der Waals surface area contributed by atoms with Gasteiger partial charge in [0.05, 0.1) is 13.2 Å². The molecule has 1 fully saturated rings. The van der Waals surface area contributed by atoms with Crippen LogP contribution in [-0.4, -0.2) is 26.3 Å². The Balaban J connectivity index is 1.55. The number of pyridine rings is 1. The summed E-state index contributed by atoms with van der Waals surface area (Å²) in [6.45, 7) is 5.72. The van der Waals surface area contributed by atoms with Crippen molar-refractivity contribution in [1.82, 2.24) is 0 Å². The number of aromatic nitrogens is 1. The Morgan fingerprint density at radius 2 is 1.69 bits per heavy atom. The lowest BCUT2D eigenvalue weighted by Gasteiger charge is -2.28. The quantitative estimate of drug-likeness (QED) is 0.668. The van der Waals surface area contributed by atoms with Gasteiger partial charge in [-0.3, -0.25) is 0 Å². The monoisotopic (exact) mass is 345 g/mol. The number of benzene rings is 2. The lowest BCUT2D eigenvalue weighted by Crippen LogP contribution is -2.36. The Morgan fingerprint density at radius 3 is 2.46 bits per heavy atom. The molecule has 3 aromatic rings. The van der Waals surface area contributed by atoms with E-state index in [0.717, 1.165) is 26.3 Å². The van der Waals surface area contributed by atoms with Crippen LogP contribution in [0.1, 0.15) is 16.8 Å². The lowest BCUT2D eigenvalue weighted by molar-refractivity contribution is -0.646. The molecule has 2 aromatic carbocycles. The molecule has 0 amide bonds. The topological polar surface area (TPSA) is 16.4 Å². The van der Waals surface area contributed by atoms with Crippen molar-refractivity contribution in [3.8, 4) is 0 Å². The van der Waals surface area contributed by atoms with Crippen molar-refractivity contribution in [2.75, 3.05) is 31.2 Å². The number of anilines is 1. The van der Waals surface area contributed by atoms with Crippen LogP contribution in [0.2, 0.25) is 0 Å². The number of morpholine rings is 1. The van der Waals surface area contributed by atoms with E-state index in [-0.39, 0.29) is 0 Å². The molecule has 2 heterocycles. The van der Waals surface area contributed by atoms with Gasteiger partial charge in [-0.25, -0.2) is 0 Å².